The third kappa shape index (κ3) is 3.48. The zero-order chi connectivity index (χ0) is 16.3. The first-order valence-electron chi connectivity index (χ1n) is 7.50. The molecular formula is C19H23NO2. The molecule has 0 spiro atoms. The Kier molecular flexibility index (Phi) is 4.86. The van der Waals surface area contributed by atoms with Gasteiger partial charge in [-0.1, -0.05) is 30.3 Å². The molecule has 2 aromatic carbocycles. The fourth-order valence-corrected chi connectivity index (χ4v) is 2.33. The van der Waals surface area contributed by atoms with Crippen molar-refractivity contribution in [3.63, 3.8) is 0 Å². The summed E-state index contributed by atoms with van der Waals surface area (Å²) in [7, 11) is 0. The summed E-state index contributed by atoms with van der Waals surface area (Å²) >= 11 is 0. The number of nitrogens with one attached hydrogen (secondary N) is 1. The zero-order valence-corrected chi connectivity index (χ0v) is 13.9. The van der Waals surface area contributed by atoms with Gasteiger partial charge in [0.05, 0.1) is 0 Å². The lowest BCUT2D eigenvalue weighted by atomic mass is 10.1. The van der Waals surface area contributed by atoms with Crippen LogP contribution in [0.5, 0.6) is 5.75 Å². The summed E-state index contributed by atoms with van der Waals surface area (Å²) in [6.07, 6.45) is -0.556. The van der Waals surface area contributed by atoms with Crippen molar-refractivity contribution in [1.29, 1.82) is 0 Å². The smallest absolute Gasteiger partial charge is 0.265 e. The lowest BCUT2D eigenvalue weighted by Gasteiger charge is -2.18. The second-order valence-corrected chi connectivity index (χ2v) is 5.71. The van der Waals surface area contributed by atoms with Crippen molar-refractivity contribution in [2.45, 2.75) is 40.7 Å². The van der Waals surface area contributed by atoms with E-state index in [2.05, 4.69) is 5.32 Å². The summed E-state index contributed by atoms with van der Waals surface area (Å²) in [5.41, 5.74) is 5.18. The second-order valence-electron chi connectivity index (χ2n) is 5.71. The summed E-state index contributed by atoms with van der Waals surface area (Å²) in [4.78, 5) is 12.4. The number of benzene rings is 2. The van der Waals surface area contributed by atoms with Crippen LogP contribution in [-0.4, -0.2) is 12.0 Å². The number of carbonyl (C=O) groups excluding carboxylic acids is 1. The van der Waals surface area contributed by atoms with E-state index < -0.39 is 6.10 Å². The number of para-hydroxylation sites is 1. The van der Waals surface area contributed by atoms with Gasteiger partial charge in [0.25, 0.3) is 5.91 Å². The highest BCUT2D eigenvalue weighted by atomic mass is 16.5. The predicted octanol–water partition coefficient (Wildman–Crippen LogP) is 4.33. The van der Waals surface area contributed by atoms with E-state index in [0.29, 0.717) is 0 Å². The molecule has 0 radical (unpaired) electrons. The van der Waals surface area contributed by atoms with Crippen LogP contribution >= 0.6 is 0 Å². The number of ether oxygens (including phenoxy) is 1. The van der Waals surface area contributed by atoms with Crippen LogP contribution in [0.25, 0.3) is 0 Å². The van der Waals surface area contributed by atoms with E-state index in [0.717, 1.165) is 33.7 Å². The Morgan fingerprint density at radius 2 is 1.50 bits per heavy atom. The predicted molar refractivity (Wildman–Crippen MR) is 90.6 cm³/mol. The summed E-state index contributed by atoms with van der Waals surface area (Å²) < 4.78 is 5.83. The molecule has 0 bridgehead atoms. The molecule has 3 nitrogen and oxygen atoms in total. The van der Waals surface area contributed by atoms with E-state index in [4.69, 9.17) is 4.74 Å². The highest BCUT2D eigenvalue weighted by Crippen LogP contribution is 2.23. The van der Waals surface area contributed by atoms with E-state index in [-0.39, 0.29) is 5.91 Å². The van der Waals surface area contributed by atoms with Gasteiger partial charge in [0.1, 0.15) is 5.75 Å². The molecule has 0 saturated carbocycles. The molecule has 0 aromatic heterocycles. The Hall–Kier alpha value is -2.29. The number of amides is 1. The van der Waals surface area contributed by atoms with Gasteiger partial charge in [-0.3, -0.25) is 4.79 Å². The van der Waals surface area contributed by atoms with Crippen LogP contribution < -0.4 is 10.1 Å². The minimum atomic E-state index is -0.556. The maximum absolute atomic E-state index is 12.4. The Morgan fingerprint density at radius 3 is 2.14 bits per heavy atom. The van der Waals surface area contributed by atoms with Gasteiger partial charge in [-0.25, -0.2) is 0 Å². The summed E-state index contributed by atoms with van der Waals surface area (Å²) in [5.74, 6) is 0.613. The lowest BCUT2D eigenvalue weighted by molar-refractivity contribution is -0.122. The number of hydrogen-bond acceptors (Lipinski definition) is 2. The van der Waals surface area contributed by atoms with Crippen molar-refractivity contribution in [1.82, 2.24) is 0 Å². The van der Waals surface area contributed by atoms with Gasteiger partial charge in [0, 0.05) is 5.69 Å². The van der Waals surface area contributed by atoms with E-state index in [9.17, 15) is 4.79 Å². The first-order chi connectivity index (χ1) is 10.4. The SMILES string of the molecule is Cc1cccc(O[C@H](C)C(=O)Nc2c(C)cccc2C)c1C. The normalized spacial score (nSPS) is 11.9. The van der Waals surface area contributed by atoms with E-state index in [1.807, 2.05) is 64.1 Å². The molecule has 0 saturated heterocycles. The molecule has 0 aliphatic carbocycles. The first kappa shape index (κ1) is 16.1. The number of hydrogen-bond donors (Lipinski definition) is 1. The zero-order valence-electron chi connectivity index (χ0n) is 13.9. The molecule has 1 amide bonds. The topological polar surface area (TPSA) is 38.3 Å². The fourth-order valence-electron chi connectivity index (χ4n) is 2.33. The van der Waals surface area contributed by atoms with Gasteiger partial charge >= 0.3 is 0 Å². The third-order valence-electron chi connectivity index (χ3n) is 3.96. The summed E-state index contributed by atoms with van der Waals surface area (Å²) in [6, 6.07) is 11.8. The molecular weight excluding hydrogens is 274 g/mol. The molecule has 0 heterocycles. The van der Waals surface area contributed by atoms with Crippen LogP contribution in [0.3, 0.4) is 0 Å². The molecule has 0 aliphatic heterocycles. The summed E-state index contributed by atoms with van der Waals surface area (Å²) in [6.45, 7) is 9.77. The van der Waals surface area contributed by atoms with Crippen LogP contribution in [0, 0.1) is 27.7 Å². The van der Waals surface area contributed by atoms with Gasteiger partial charge in [-0.05, 0) is 62.9 Å². The fraction of sp³-hybridized carbons (Fsp3) is 0.316. The molecule has 0 fully saturated rings. The molecule has 116 valence electrons. The monoisotopic (exact) mass is 297 g/mol. The number of aryl methyl sites for hydroxylation is 3. The van der Waals surface area contributed by atoms with Crippen molar-refractivity contribution < 1.29 is 9.53 Å². The van der Waals surface area contributed by atoms with Gasteiger partial charge in [0.2, 0.25) is 0 Å². The standard InChI is InChI=1S/C19H23NO2/c1-12-8-7-11-17(15(12)4)22-16(5)19(21)20-18-13(2)9-6-10-14(18)3/h6-11,16H,1-5H3,(H,20,21)/t16-/m1/s1. The molecule has 1 N–H and O–H groups in total. The van der Waals surface area contributed by atoms with Crippen molar-refractivity contribution in [2.24, 2.45) is 0 Å². The average molecular weight is 297 g/mol. The third-order valence-corrected chi connectivity index (χ3v) is 3.96. The van der Waals surface area contributed by atoms with Gasteiger partial charge in [0.15, 0.2) is 6.10 Å². The maximum Gasteiger partial charge on any atom is 0.265 e. The van der Waals surface area contributed by atoms with E-state index in [1.165, 1.54) is 0 Å². The number of carbonyl (C=O) groups is 1. The highest BCUT2D eigenvalue weighted by molar-refractivity contribution is 5.95. The molecule has 0 unspecified atom stereocenters. The second kappa shape index (κ2) is 6.65. The molecule has 2 aromatic rings. The molecule has 1 atom stereocenters. The Balaban J connectivity index is 2.11. The van der Waals surface area contributed by atoms with E-state index >= 15 is 0 Å². The van der Waals surface area contributed by atoms with Gasteiger partial charge in [-0.15, -0.1) is 0 Å². The van der Waals surface area contributed by atoms with Crippen molar-refractivity contribution >= 4 is 11.6 Å². The lowest BCUT2D eigenvalue weighted by Crippen LogP contribution is -2.30. The van der Waals surface area contributed by atoms with Gasteiger partial charge < -0.3 is 10.1 Å². The first-order valence-corrected chi connectivity index (χ1v) is 7.50. The van der Waals surface area contributed by atoms with Crippen LogP contribution in [0.1, 0.15) is 29.2 Å². The van der Waals surface area contributed by atoms with Crippen LogP contribution in [0.15, 0.2) is 36.4 Å². The Labute approximate surface area is 132 Å². The summed E-state index contributed by atoms with van der Waals surface area (Å²) in [5, 5.41) is 2.97. The Bertz CT molecular complexity index is 672. The number of anilines is 1. The average Bonchev–Trinajstić information content (AvgIpc) is 2.47. The van der Waals surface area contributed by atoms with Crippen molar-refractivity contribution in [3.05, 3.63) is 58.7 Å². The largest absolute Gasteiger partial charge is 0.481 e. The van der Waals surface area contributed by atoms with Crippen molar-refractivity contribution in [3.8, 4) is 5.75 Å². The quantitative estimate of drug-likeness (QED) is 0.912. The highest BCUT2D eigenvalue weighted by Gasteiger charge is 2.17. The molecule has 2 rings (SSSR count). The molecule has 0 aliphatic rings. The van der Waals surface area contributed by atoms with Crippen molar-refractivity contribution in [2.75, 3.05) is 5.32 Å². The van der Waals surface area contributed by atoms with Crippen LogP contribution in [0.2, 0.25) is 0 Å². The minimum absolute atomic E-state index is 0.140. The molecule has 22 heavy (non-hydrogen) atoms. The van der Waals surface area contributed by atoms with Crippen LogP contribution in [0.4, 0.5) is 5.69 Å². The van der Waals surface area contributed by atoms with Gasteiger partial charge in [-0.2, -0.15) is 0 Å². The molecule has 3 heteroatoms. The number of rotatable bonds is 4. The van der Waals surface area contributed by atoms with E-state index in [1.54, 1.807) is 6.92 Å². The minimum Gasteiger partial charge on any atom is -0.481 e. The van der Waals surface area contributed by atoms with Crippen LogP contribution in [-0.2, 0) is 4.79 Å². The maximum atomic E-state index is 12.4. The Morgan fingerprint density at radius 1 is 0.955 bits per heavy atom.